The third-order valence-electron chi connectivity index (χ3n) is 0.531. The smallest absolute Gasteiger partial charge is 0.0449 e. The Morgan fingerprint density at radius 2 is 2.43 bits per heavy atom. The Hall–Kier alpha value is -0.240. The third kappa shape index (κ3) is 3.59. The molecule has 0 radical (unpaired) electrons. The molecule has 0 unspecified atom stereocenters. The van der Waals surface area contributed by atoms with E-state index in [1.165, 1.54) is 11.9 Å². The standard InChI is InChI=1S/C5H9NS/c1-4-5(2)6-7-3/h4H,1H2,2-3H3/b6-5-. The van der Waals surface area contributed by atoms with Crippen molar-refractivity contribution >= 4 is 17.7 Å². The first kappa shape index (κ1) is 6.76. The predicted molar refractivity (Wildman–Crippen MR) is 36.8 cm³/mol. The maximum absolute atomic E-state index is 3.96. The molecule has 0 spiro atoms. The van der Waals surface area contributed by atoms with E-state index in [-0.39, 0.29) is 0 Å². The molecule has 0 aromatic carbocycles. The second-order valence-electron chi connectivity index (χ2n) is 1.12. The summed E-state index contributed by atoms with van der Waals surface area (Å²) >= 11 is 1.45. The van der Waals surface area contributed by atoms with E-state index in [9.17, 15) is 0 Å². The summed E-state index contributed by atoms with van der Waals surface area (Å²) in [7, 11) is 0. The van der Waals surface area contributed by atoms with Gasteiger partial charge >= 0.3 is 0 Å². The Morgan fingerprint density at radius 3 is 2.57 bits per heavy atom. The van der Waals surface area contributed by atoms with Crippen LogP contribution in [0.1, 0.15) is 6.92 Å². The van der Waals surface area contributed by atoms with Gasteiger partial charge in [0.15, 0.2) is 0 Å². The minimum absolute atomic E-state index is 0.979. The highest BCUT2D eigenvalue weighted by atomic mass is 32.2. The van der Waals surface area contributed by atoms with E-state index in [0.717, 1.165) is 5.71 Å². The molecule has 0 saturated carbocycles. The molecule has 0 fully saturated rings. The van der Waals surface area contributed by atoms with Crippen molar-refractivity contribution in [3.05, 3.63) is 12.7 Å². The summed E-state index contributed by atoms with van der Waals surface area (Å²) in [5, 5.41) is 0. The van der Waals surface area contributed by atoms with Gasteiger partial charge < -0.3 is 0 Å². The molecule has 0 bridgehead atoms. The van der Waals surface area contributed by atoms with Crippen LogP contribution in [-0.4, -0.2) is 12.0 Å². The summed E-state index contributed by atoms with van der Waals surface area (Å²) in [5.74, 6) is 0. The van der Waals surface area contributed by atoms with Crippen LogP contribution in [0.5, 0.6) is 0 Å². The second-order valence-corrected chi connectivity index (χ2v) is 1.67. The molecule has 1 nitrogen and oxygen atoms in total. The zero-order valence-electron chi connectivity index (χ0n) is 4.64. The molecule has 7 heavy (non-hydrogen) atoms. The van der Waals surface area contributed by atoms with E-state index >= 15 is 0 Å². The summed E-state index contributed by atoms with van der Waals surface area (Å²) in [6.45, 7) is 5.46. The maximum atomic E-state index is 3.96. The molecule has 0 amide bonds. The van der Waals surface area contributed by atoms with Crippen LogP contribution in [-0.2, 0) is 0 Å². The Labute approximate surface area is 48.7 Å². The summed E-state index contributed by atoms with van der Waals surface area (Å²) < 4.78 is 3.96. The zero-order chi connectivity index (χ0) is 5.70. The first-order chi connectivity index (χ1) is 3.31. The molecule has 40 valence electrons. The highest BCUT2D eigenvalue weighted by Crippen LogP contribution is 1.93. The molecule has 0 aromatic heterocycles. The monoisotopic (exact) mass is 115 g/mol. The van der Waals surface area contributed by atoms with Crippen LogP contribution < -0.4 is 0 Å². The Kier molecular flexibility index (Phi) is 3.80. The lowest BCUT2D eigenvalue weighted by Crippen LogP contribution is -1.76. The molecular formula is C5H9NS. The van der Waals surface area contributed by atoms with Crippen molar-refractivity contribution in [2.24, 2.45) is 4.40 Å². The molecule has 0 atom stereocenters. The van der Waals surface area contributed by atoms with Crippen molar-refractivity contribution in [1.82, 2.24) is 0 Å². The van der Waals surface area contributed by atoms with E-state index in [2.05, 4.69) is 11.0 Å². The molecule has 0 heterocycles. The summed E-state index contributed by atoms with van der Waals surface area (Å²) in [6.07, 6.45) is 3.66. The fourth-order valence-electron chi connectivity index (χ4n) is 0.181. The van der Waals surface area contributed by atoms with Crippen molar-refractivity contribution in [3.63, 3.8) is 0 Å². The van der Waals surface area contributed by atoms with Crippen LogP contribution in [0.3, 0.4) is 0 Å². The van der Waals surface area contributed by atoms with Crippen LogP contribution in [0.4, 0.5) is 0 Å². The van der Waals surface area contributed by atoms with Crippen LogP contribution in [0.15, 0.2) is 17.1 Å². The minimum atomic E-state index is 0.979. The molecule has 0 aliphatic heterocycles. The van der Waals surface area contributed by atoms with Gasteiger partial charge in [0, 0.05) is 12.0 Å². The molecule has 2 heteroatoms. The van der Waals surface area contributed by atoms with Crippen molar-refractivity contribution in [3.8, 4) is 0 Å². The van der Waals surface area contributed by atoms with Gasteiger partial charge in [-0.3, -0.25) is 0 Å². The first-order valence-corrected chi connectivity index (χ1v) is 3.19. The highest BCUT2D eigenvalue weighted by molar-refractivity contribution is 7.97. The van der Waals surface area contributed by atoms with E-state index in [0.29, 0.717) is 0 Å². The minimum Gasteiger partial charge on any atom is -0.222 e. The molecule has 0 aliphatic carbocycles. The van der Waals surface area contributed by atoms with Gasteiger partial charge in [-0.15, -0.1) is 0 Å². The maximum Gasteiger partial charge on any atom is 0.0449 e. The highest BCUT2D eigenvalue weighted by Gasteiger charge is 1.73. The fourth-order valence-corrected chi connectivity index (χ4v) is 0.544. The third-order valence-corrected chi connectivity index (χ3v) is 1.00. The van der Waals surface area contributed by atoms with E-state index in [1.807, 2.05) is 13.2 Å². The van der Waals surface area contributed by atoms with Gasteiger partial charge in [-0.2, -0.15) is 0 Å². The molecule has 0 saturated heterocycles. The van der Waals surface area contributed by atoms with Crippen molar-refractivity contribution in [2.45, 2.75) is 6.92 Å². The second kappa shape index (κ2) is 3.93. The van der Waals surface area contributed by atoms with Gasteiger partial charge in [0.2, 0.25) is 0 Å². The van der Waals surface area contributed by atoms with Gasteiger partial charge in [0.1, 0.15) is 0 Å². The van der Waals surface area contributed by atoms with Crippen LogP contribution in [0, 0.1) is 0 Å². The average Bonchev–Trinajstić information content (AvgIpc) is 1.68. The van der Waals surface area contributed by atoms with Crippen molar-refractivity contribution < 1.29 is 0 Å². The summed E-state index contributed by atoms with van der Waals surface area (Å²) in [6, 6.07) is 0. The summed E-state index contributed by atoms with van der Waals surface area (Å²) in [4.78, 5) is 0. The van der Waals surface area contributed by atoms with Gasteiger partial charge in [0.05, 0.1) is 0 Å². The lowest BCUT2D eigenvalue weighted by molar-refractivity contribution is 1.78. The quantitative estimate of drug-likeness (QED) is 0.395. The number of rotatable bonds is 2. The van der Waals surface area contributed by atoms with E-state index in [1.54, 1.807) is 6.08 Å². The molecular weight excluding hydrogens is 106 g/mol. The van der Waals surface area contributed by atoms with Crippen LogP contribution in [0.2, 0.25) is 0 Å². The Bertz CT molecular complexity index is 86.1. The van der Waals surface area contributed by atoms with Crippen molar-refractivity contribution in [1.29, 1.82) is 0 Å². The van der Waals surface area contributed by atoms with Gasteiger partial charge in [0.25, 0.3) is 0 Å². The number of hydrogen-bond donors (Lipinski definition) is 0. The molecule has 0 aliphatic rings. The molecule has 0 rings (SSSR count). The topological polar surface area (TPSA) is 12.4 Å². The number of nitrogens with zero attached hydrogens (tertiary/aromatic N) is 1. The van der Waals surface area contributed by atoms with Crippen LogP contribution >= 0.6 is 11.9 Å². The number of hydrogen-bond acceptors (Lipinski definition) is 2. The molecule has 0 aromatic rings. The fraction of sp³-hybridized carbons (Fsp3) is 0.400. The zero-order valence-corrected chi connectivity index (χ0v) is 5.46. The Balaban J connectivity index is 3.49. The lowest BCUT2D eigenvalue weighted by Gasteiger charge is -1.82. The normalized spacial score (nSPS) is 11.4. The van der Waals surface area contributed by atoms with E-state index in [4.69, 9.17) is 0 Å². The summed E-state index contributed by atoms with van der Waals surface area (Å²) in [5.41, 5.74) is 0.979. The Morgan fingerprint density at radius 1 is 1.86 bits per heavy atom. The predicted octanol–water partition coefficient (Wildman–Crippen LogP) is 1.91. The average molecular weight is 115 g/mol. The number of allylic oxidation sites excluding steroid dienone is 1. The SMILES string of the molecule is C=C/C(C)=N\SC. The van der Waals surface area contributed by atoms with E-state index < -0.39 is 0 Å². The van der Waals surface area contributed by atoms with Crippen LogP contribution in [0.25, 0.3) is 0 Å². The van der Waals surface area contributed by atoms with Crippen molar-refractivity contribution in [2.75, 3.05) is 6.26 Å². The van der Waals surface area contributed by atoms with Gasteiger partial charge in [-0.25, -0.2) is 4.40 Å². The van der Waals surface area contributed by atoms with Gasteiger partial charge in [-0.05, 0) is 24.9 Å². The molecule has 0 N–H and O–H groups in total. The lowest BCUT2D eigenvalue weighted by atomic mass is 10.4. The first-order valence-electron chi connectivity index (χ1n) is 2.01. The largest absolute Gasteiger partial charge is 0.222 e. The van der Waals surface area contributed by atoms with Gasteiger partial charge in [-0.1, -0.05) is 6.58 Å².